The summed E-state index contributed by atoms with van der Waals surface area (Å²) in [5, 5.41) is 2.34. The average Bonchev–Trinajstić information content (AvgIpc) is 2.74. The number of hydrogen-bond acceptors (Lipinski definition) is 4. The normalized spacial score (nSPS) is 29.8. The first-order valence-electron chi connectivity index (χ1n) is 6.13. The second kappa shape index (κ2) is 5.80. The molecule has 0 aliphatic carbocycles. The predicted octanol–water partition coefficient (Wildman–Crippen LogP) is 0.308. The lowest BCUT2D eigenvalue weighted by Crippen LogP contribution is -2.51. The van der Waals surface area contributed by atoms with Gasteiger partial charge in [0, 0.05) is 39.3 Å². The van der Waals surface area contributed by atoms with Gasteiger partial charge in [-0.2, -0.15) is 0 Å². The van der Waals surface area contributed by atoms with Crippen LogP contribution in [-0.4, -0.2) is 62.4 Å². The van der Waals surface area contributed by atoms with E-state index in [1.165, 1.54) is 25.9 Å². The Hall–Kier alpha value is -0.160. The number of ether oxygens (including phenoxy) is 1. The van der Waals surface area contributed by atoms with Gasteiger partial charge in [-0.25, -0.2) is 5.01 Å². The van der Waals surface area contributed by atoms with Crippen LogP contribution in [0.25, 0.3) is 0 Å². The summed E-state index contributed by atoms with van der Waals surface area (Å²) in [4.78, 5) is 2.37. The lowest BCUT2D eigenvalue weighted by Gasteiger charge is -2.32. The Labute approximate surface area is 92.5 Å². The number of nitrogens with zero attached hydrogens (tertiary/aromatic N) is 2. The molecule has 2 saturated heterocycles. The molecule has 0 amide bonds. The molecule has 0 saturated carbocycles. The summed E-state index contributed by atoms with van der Waals surface area (Å²) in [7, 11) is 2.18. The second-order valence-corrected chi connectivity index (χ2v) is 4.62. The Bertz CT molecular complexity index is 175. The van der Waals surface area contributed by atoms with E-state index in [1.807, 2.05) is 0 Å². The van der Waals surface area contributed by atoms with E-state index < -0.39 is 0 Å². The lowest BCUT2D eigenvalue weighted by molar-refractivity contribution is 0.0775. The van der Waals surface area contributed by atoms with Gasteiger partial charge in [0.2, 0.25) is 0 Å². The van der Waals surface area contributed by atoms with Gasteiger partial charge >= 0.3 is 0 Å². The molecule has 0 spiro atoms. The summed E-state index contributed by atoms with van der Waals surface area (Å²) in [5.74, 6) is 0. The summed E-state index contributed by atoms with van der Waals surface area (Å²) in [6, 6.07) is 0. The van der Waals surface area contributed by atoms with Crippen LogP contribution in [-0.2, 0) is 4.74 Å². The fourth-order valence-electron chi connectivity index (χ4n) is 2.22. The zero-order valence-electron chi connectivity index (χ0n) is 9.74. The van der Waals surface area contributed by atoms with Gasteiger partial charge in [-0.05, 0) is 26.3 Å². The lowest BCUT2D eigenvalue weighted by atomic mass is 10.2. The smallest absolute Gasteiger partial charge is 0.0588 e. The molecule has 0 aromatic rings. The number of hydrogen-bond donors (Lipinski definition) is 1. The van der Waals surface area contributed by atoms with Crippen molar-refractivity contribution in [3.63, 3.8) is 0 Å². The van der Waals surface area contributed by atoms with Gasteiger partial charge in [-0.1, -0.05) is 0 Å². The molecule has 2 aliphatic rings. The van der Waals surface area contributed by atoms with Crippen molar-refractivity contribution in [3.05, 3.63) is 0 Å². The van der Waals surface area contributed by atoms with E-state index in [1.54, 1.807) is 0 Å². The maximum atomic E-state index is 5.59. The quantitative estimate of drug-likeness (QED) is 0.727. The van der Waals surface area contributed by atoms with E-state index in [0.717, 1.165) is 32.7 Å². The Kier molecular flexibility index (Phi) is 4.38. The van der Waals surface area contributed by atoms with Crippen molar-refractivity contribution < 1.29 is 4.74 Å². The maximum Gasteiger partial charge on any atom is 0.0588 e. The number of piperazine rings is 1. The third-order valence-electron chi connectivity index (χ3n) is 3.33. The molecule has 2 heterocycles. The summed E-state index contributed by atoms with van der Waals surface area (Å²) in [5.41, 5.74) is 3.50. The molecular weight excluding hydrogens is 190 g/mol. The maximum absolute atomic E-state index is 5.59. The van der Waals surface area contributed by atoms with Crippen molar-refractivity contribution in [2.24, 2.45) is 0 Å². The first-order valence-corrected chi connectivity index (χ1v) is 6.13. The van der Waals surface area contributed by atoms with Crippen molar-refractivity contribution in [3.8, 4) is 0 Å². The van der Waals surface area contributed by atoms with Gasteiger partial charge in [0.15, 0.2) is 0 Å². The van der Waals surface area contributed by atoms with Gasteiger partial charge in [-0.15, -0.1) is 0 Å². The molecule has 0 aromatic carbocycles. The van der Waals surface area contributed by atoms with Gasteiger partial charge in [0.1, 0.15) is 0 Å². The standard InChI is InChI=1S/C11H23N3O/c1-13-6-8-14(9-7-13)12-5-4-11-3-2-10-15-11/h11-12H,2-10H2,1H3. The molecule has 2 fully saturated rings. The molecule has 2 rings (SSSR count). The Morgan fingerprint density at radius 1 is 1.27 bits per heavy atom. The third-order valence-corrected chi connectivity index (χ3v) is 3.33. The van der Waals surface area contributed by atoms with Crippen LogP contribution < -0.4 is 5.43 Å². The zero-order chi connectivity index (χ0) is 10.5. The summed E-state index contributed by atoms with van der Waals surface area (Å²) in [6.07, 6.45) is 4.18. The summed E-state index contributed by atoms with van der Waals surface area (Å²) < 4.78 is 5.59. The molecule has 15 heavy (non-hydrogen) atoms. The first kappa shape index (κ1) is 11.3. The van der Waals surface area contributed by atoms with Gasteiger partial charge in [0.05, 0.1) is 6.10 Å². The minimum Gasteiger partial charge on any atom is -0.378 e. The molecule has 1 atom stereocenters. The van der Waals surface area contributed by atoms with E-state index >= 15 is 0 Å². The third kappa shape index (κ3) is 3.72. The number of rotatable bonds is 4. The average molecular weight is 213 g/mol. The minimum atomic E-state index is 0.518. The van der Waals surface area contributed by atoms with Gasteiger partial charge in [0.25, 0.3) is 0 Å². The number of likely N-dealkylation sites (N-methyl/N-ethyl adjacent to an activating group) is 1. The highest BCUT2D eigenvalue weighted by molar-refractivity contribution is 4.68. The summed E-state index contributed by atoms with van der Waals surface area (Å²) >= 11 is 0. The molecule has 0 radical (unpaired) electrons. The topological polar surface area (TPSA) is 27.7 Å². The van der Waals surface area contributed by atoms with E-state index in [4.69, 9.17) is 4.74 Å². The van der Waals surface area contributed by atoms with Crippen LogP contribution in [0.15, 0.2) is 0 Å². The Morgan fingerprint density at radius 2 is 2.07 bits per heavy atom. The largest absolute Gasteiger partial charge is 0.378 e. The molecule has 0 bridgehead atoms. The van der Waals surface area contributed by atoms with Gasteiger partial charge < -0.3 is 9.64 Å². The van der Waals surface area contributed by atoms with Crippen LogP contribution in [0.2, 0.25) is 0 Å². The number of hydrazine groups is 1. The fourth-order valence-corrected chi connectivity index (χ4v) is 2.22. The molecule has 0 aromatic heterocycles. The van der Waals surface area contributed by atoms with Crippen LogP contribution in [0, 0.1) is 0 Å². The minimum absolute atomic E-state index is 0.518. The molecule has 1 N–H and O–H groups in total. The molecule has 4 nitrogen and oxygen atoms in total. The monoisotopic (exact) mass is 213 g/mol. The van der Waals surface area contributed by atoms with Crippen LogP contribution in [0.5, 0.6) is 0 Å². The fraction of sp³-hybridized carbons (Fsp3) is 1.00. The molecular formula is C11H23N3O. The van der Waals surface area contributed by atoms with E-state index in [2.05, 4.69) is 22.4 Å². The highest BCUT2D eigenvalue weighted by Gasteiger charge is 2.16. The summed E-state index contributed by atoms with van der Waals surface area (Å²) in [6.45, 7) is 6.66. The van der Waals surface area contributed by atoms with Crippen molar-refractivity contribution in [1.29, 1.82) is 0 Å². The van der Waals surface area contributed by atoms with Crippen LogP contribution in [0.4, 0.5) is 0 Å². The van der Waals surface area contributed by atoms with Crippen LogP contribution >= 0.6 is 0 Å². The second-order valence-electron chi connectivity index (χ2n) is 4.62. The Morgan fingerprint density at radius 3 is 2.73 bits per heavy atom. The van der Waals surface area contributed by atoms with E-state index in [-0.39, 0.29) is 0 Å². The van der Waals surface area contributed by atoms with E-state index in [9.17, 15) is 0 Å². The van der Waals surface area contributed by atoms with Gasteiger partial charge in [-0.3, -0.25) is 5.43 Å². The molecule has 4 heteroatoms. The predicted molar refractivity (Wildman–Crippen MR) is 60.7 cm³/mol. The highest BCUT2D eigenvalue weighted by Crippen LogP contribution is 2.14. The van der Waals surface area contributed by atoms with Crippen LogP contribution in [0.1, 0.15) is 19.3 Å². The van der Waals surface area contributed by atoms with Crippen molar-refractivity contribution in [1.82, 2.24) is 15.3 Å². The molecule has 88 valence electrons. The zero-order valence-corrected chi connectivity index (χ0v) is 9.74. The van der Waals surface area contributed by atoms with E-state index in [0.29, 0.717) is 6.10 Å². The van der Waals surface area contributed by atoms with Crippen LogP contribution in [0.3, 0.4) is 0 Å². The Balaban J connectivity index is 1.53. The molecule has 1 unspecified atom stereocenters. The van der Waals surface area contributed by atoms with Crippen molar-refractivity contribution in [2.45, 2.75) is 25.4 Å². The van der Waals surface area contributed by atoms with Crippen molar-refractivity contribution >= 4 is 0 Å². The highest BCUT2D eigenvalue weighted by atomic mass is 16.5. The molecule has 2 aliphatic heterocycles. The first-order chi connectivity index (χ1) is 7.34. The van der Waals surface area contributed by atoms with Crippen molar-refractivity contribution in [2.75, 3.05) is 46.4 Å². The SMILES string of the molecule is CN1CCN(NCCC2CCCO2)CC1. The number of nitrogens with one attached hydrogen (secondary N) is 1.